The molecule has 0 bridgehead atoms. The summed E-state index contributed by atoms with van der Waals surface area (Å²) < 4.78 is 29.7. The number of benzene rings is 1. The molecular formula is C19H23FO5. The van der Waals surface area contributed by atoms with Gasteiger partial charge in [0.05, 0.1) is 18.8 Å². The molecule has 1 unspecified atom stereocenters. The van der Waals surface area contributed by atoms with Gasteiger partial charge in [-0.3, -0.25) is 0 Å². The zero-order valence-electron chi connectivity index (χ0n) is 14.3. The summed E-state index contributed by atoms with van der Waals surface area (Å²) in [5.41, 5.74) is 0.889. The number of hydrogen-bond acceptors (Lipinski definition) is 5. The predicted octanol–water partition coefficient (Wildman–Crippen LogP) is 3.73. The number of aliphatic hydroxyl groups is 1. The summed E-state index contributed by atoms with van der Waals surface area (Å²) in [7, 11) is 0. The molecule has 6 heteroatoms. The van der Waals surface area contributed by atoms with Crippen LogP contribution in [0, 0.1) is 0 Å². The molecule has 0 amide bonds. The van der Waals surface area contributed by atoms with Gasteiger partial charge in [-0.25, -0.2) is 9.18 Å². The van der Waals surface area contributed by atoms with Gasteiger partial charge in [0.25, 0.3) is 6.29 Å². The number of fused-ring (bicyclic) bond motifs is 1. The van der Waals surface area contributed by atoms with Gasteiger partial charge in [-0.15, -0.1) is 0 Å². The van der Waals surface area contributed by atoms with Crippen LogP contribution in [0.25, 0.3) is 5.76 Å². The van der Waals surface area contributed by atoms with E-state index in [1.165, 1.54) is 0 Å². The lowest BCUT2D eigenvalue weighted by Crippen LogP contribution is -2.23. The normalized spacial score (nSPS) is 16.0. The number of carbonyl (C=O) groups is 1. The van der Waals surface area contributed by atoms with Crippen LogP contribution in [0.2, 0.25) is 0 Å². The topological polar surface area (TPSA) is 65.0 Å². The number of esters is 1. The maximum atomic E-state index is 14.1. The molecule has 0 saturated heterocycles. The van der Waals surface area contributed by atoms with E-state index >= 15 is 0 Å². The Labute approximate surface area is 146 Å². The molecule has 136 valence electrons. The van der Waals surface area contributed by atoms with Crippen LogP contribution in [-0.2, 0) is 14.3 Å². The lowest BCUT2D eigenvalue weighted by Gasteiger charge is -2.23. The highest BCUT2D eigenvalue weighted by atomic mass is 19.1. The maximum absolute atomic E-state index is 14.1. The zero-order chi connectivity index (χ0) is 18.2. The fourth-order valence-electron chi connectivity index (χ4n) is 2.34. The standard InChI is InChI=1S/C19H23FO5/c1-13(2)18(21)24-12-8-4-3-7-11-23-17-14-9-5-6-10-15(14)25-19(22)16(17)20/h5-6,9-10,19,22H,1,3-4,7-8,11-12H2,2H3. The van der Waals surface area contributed by atoms with Crippen molar-refractivity contribution in [2.24, 2.45) is 0 Å². The van der Waals surface area contributed by atoms with Crippen molar-refractivity contribution in [2.45, 2.75) is 38.9 Å². The molecule has 1 atom stereocenters. The molecule has 25 heavy (non-hydrogen) atoms. The molecule has 1 aliphatic rings. The maximum Gasteiger partial charge on any atom is 0.333 e. The lowest BCUT2D eigenvalue weighted by atomic mass is 10.1. The van der Waals surface area contributed by atoms with Gasteiger partial charge < -0.3 is 19.3 Å². The fourth-order valence-corrected chi connectivity index (χ4v) is 2.34. The number of unbranched alkanes of at least 4 members (excludes halogenated alkanes) is 3. The zero-order valence-corrected chi connectivity index (χ0v) is 14.3. The van der Waals surface area contributed by atoms with E-state index in [1.54, 1.807) is 31.2 Å². The number of ether oxygens (including phenoxy) is 3. The van der Waals surface area contributed by atoms with Crippen LogP contribution >= 0.6 is 0 Å². The first kappa shape index (κ1) is 19.0. The molecule has 1 N–H and O–H groups in total. The summed E-state index contributed by atoms with van der Waals surface area (Å²) in [6.07, 6.45) is 1.58. The first-order valence-electron chi connectivity index (χ1n) is 8.30. The van der Waals surface area contributed by atoms with Crippen LogP contribution < -0.4 is 4.74 Å². The van der Waals surface area contributed by atoms with E-state index in [0.29, 0.717) is 30.1 Å². The Balaban J connectivity index is 1.70. The Morgan fingerprint density at radius 1 is 1.24 bits per heavy atom. The third-order valence-electron chi connectivity index (χ3n) is 3.67. The van der Waals surface area contributed by atoms with Gasteiger partial charge in [0.1, 0.15) is 5.75 Å². The lowest BCUT2D eigenvalue weighted by molar-refractivity contribution is -0.139. The Kier molecular flexibility index (Phi) is 7.01. The summed E-state index contributed by atoms with van der Waals surface area (Å²) in [4.78, 5) is 11.2. The first-order chi connectivity index (χ1) is 12.0. The molecule has 0 spiro atoms. The largest absolute Gasteiger partial charge is 0.490 e. The second kappa shape index (κ2) is 9.22. The van der Waals surface area contributed by atoms with Crippen LogP contribution in [0.3, 0.4) is 0 Å². The van der Waals surface area contributed by atoms with E-state index in [9.17, 15) is 14.3 Å². The van der Waals surface area contributed by atoms with Gasteiger partial charge in [0.15, 0.2) is 5.76 Å². The minimum Gasteiger partial charge on any atom is -0.490 e. The molecule has 0 fully saturated rings. The molecule has 2 rings (SSSR count). The highest BCUT2D eigenvalue weighted by Gasteiger charge is 2.28. The third-order valence-corrected chi connectivity index (χ3v) is 3.67. The van der Waals surface area contributed by atoms with Gasteiger partial charge >= 0.3 is 5.97 Å². The summed E-state index contributed by atoms with van der Waals surface area (Å²) in [6, 6.07) is 6.84. The van der Waals surface area contributed by atoms with E-state index in [2.05, 4.69) is 6.58 Å². The molecular weight excluding hydrogens is 327 g/mol. The second-order valence-corrected chi connectivity index (χ2v) is 5.82. The molecule has 0 aromatic heterocycles. The summed E-state index contributed by atoms with van der Waals surface area (Å²) in [5.74, 6) is -0.761. The number of rotatable bonds is 9. The van der Waals surface area contributed by atoms with E-state index in [-0.39, 0.29) is 11.7 Å². The van der Waals surface area contributed by atoms with Crippen LogP contribution in [0.4, 0.5) is 4.39 Å². The van der Waals surface area contributed by atoms with Crippen molar-refractivity contribution in [1.29, 1.82) is 0 Å². The number of aliphatic hydroxyl groups excluding tert-OH is 1. The average Bonchev–Trinajstić information content (AvgIpc) is 2.59. The molecule has 5 nitrogen and oxygen atoms in total. The van der Waals surface area contributed by atoms with Gasteiger partial charge in [0.2, 0.25) is 5.83 Å². The fraction of sp³-hybridized carbons (Fsp3) is 0.421. The number of hydrogen-bond donors (Lipinski definition) is 1. The van der Waals surface area contributed by atoms with Crippen LogP contribution in [0.5, 0.6) is 5.75 Å². The van der Waals surface area contributed by atoms with Crippen LogP contribution in [-0.4, -0.2) is 30.6 Å². The molecule has 0 saturated carbocycles. The minimum absolute atomic E-state index is 0.0322. The Morgan fingerprint density at radius 3 is 2.64 bits per heavy atom. The van der Waals surface area contributed by atoms with Gasteiger partial charge in [-0.1, -0.05) is 18.7 Å². The smallest absolute Gasteiger partial charge is 0.333 e. The number of para-hydroxylation sites is 1. The van der Waals surface area contributed by atoms with E-state index in [0.717, 1.165) is 25.7 Å². The van der Waals surface area contributed by atoms with Crippen molar-refractivity contribution in [3.8, 4) is 5.75 Å². The second-order valence-electron chi connectivity index (χ2n) is 5.82. The van der Waals surface area contributed by atoms with Crippen LogP contribution in [0.1, 0.15) is 38.2 Å². The highest BCUT2D eigenvalue weighted by molar-refractivity contribution is 5.86. The van der Waals surface area contributed by atoms with Crippen molar-refractivity contribution in [3.05, 3.63) is 47.8 Å². The van der Waals surface area contributed by atoms with Crippen molar-refractivity contribution in [3.63, 3.8) is 0 Å². The van der Waals surface area contributed by atoms with Crippen molar-refractivity contribution < 1.29 is 28.5 Å². The van der Waals surface area contributed by atoms with Gasteiger partial charge in [-0.2, -0.15) is 0 Å². The molecule has 1 heterocycles. The van der Waals surface area contributed by atoms with Crippen molar-refractivity contribution in [1.82, 2.24) is 0 Å². The van der Waals surface area contributed by atoms with Crippen LogP contribution in [0.15, 0.2) is 42.2 Å². The van der Waals surface area contributed by atoms with E-state index in [1.807, 2.05) is 0 Å². The highest BCUT2D eigenvalue weighted by Crippen LogP contribution is 2.36. The van der Waals surface area contributed by atoms with Gasteiger partial charge in [-0.05, 0) is 44.7 Å². The Bertz CT molecular complexity index is 653. The van der Waals surface area contributed by atoms with E-state index < -0.39 is 12.1 Å². The van der Waals surface area contributed by atoms with E-state index in [4.69, 9.17) is 14.2 Å². The van der Waals surface area contributed by atoms with Gasteiger partial charge in [0, 0.05) is 5.57 Å². The average molecular weight is 350 g/mol. The SMILES string of the molecule is C=C(C)C(=O)OCCCCCCOC1=C(F)C(O)Oc2ccccc21. The Morgan fingerprint density at radius 2 is 1.92 bits per heavy atom. The number of carbonyl (C=O) groups excluding carboxylic acids is 1. The quantitative estimate of drug-likeness (QED) is 0.418. The molecule has 0 aliphatic carbocycles. The summed E-state index contributed by atoms with van der Waals surface area (Å²) >= 11 is 0. The third kappa shape index (κ3) is 5.32. The van der Waals surface area contributed by atoms with Crippen molar-refractivity contribution in [2.75, 3.05) is 13.2 Å². The molecule has 1 aliphatic heterocycles. The minimum atomic E-state index is -1.63. The summed E-state index contributed by atoms with van der Waals surface area (Å²) in [5, 5.41) is 9.60. The monoisotopic (exact) mass is 350 g/mol. The molecule has 1 aromatic carbocycles. The van der Waals surface area contributed by atoms with Crippen molar-refractivity contribution >= 4 is 11.7 Å². The number of halogens is 1. The first-order valence-corrected chi connectivity index (χ1v) is 8.30. The summed E-state index contributed by atoms with van der Waals surface area (Å²) in [6.45, 7) is 5.82. The molecule has 0 radical (unpaired) electrons. The molecule has 1 aromatic rings. The Hall–Kier alpha value is -2.34. The predicted molar refractivity (Wildman–Crippen MR) is 91.3 cm³/mol.